The van der Waals surface area contributed by atoms with E-state index in [-0.39, 0.29) is 24.1 Å². The molecule has 0 radical (unpaired) electrons. The quantitative estimate of drug-likeness (QED) is 0.768. The van der Waals surface area contributed by atoms with Crippen molar-refractivity contribution in [1.82, 2.24) is 4.31 Å². The molecule has 0 atom stereocenters. The van der Waals surface area contributed by atoms with E-state index >= 15 is 0 Å². The number of sulfonamides is 1. The Hall–Kier alpha value is -0.620. The van der Waals surface area contributed by atoms with Gasteiger partial charge in [-0.3, -0.25) is 4.79 Å². The third kappa shape index (κ3) is 6.79. The highest BCUT2D eigenvalue weighted by Crippen LogP contribution is 2.20. The predicted octanol–water partition coefficient (Wildman–Crippen LogP) is 1.16. The first kappa shape index (κ1) is 15.4. The molecule has 0 aromatic carbocycles. The van der Waals surface area contributed by atoms with Crippen LogP contribution in [0.3, 0.4) is 0 Å². The Kier molecular flexibility index (Phi) is 5.41. The molecule has 0 aliphatic rings. The number of hydrogen-bond donors (Lipinski definition) is 1. The first-order chi connectivity index (χ1) is 7.04. The standard InChI is InChI=1S/C10H21NO4S/c1-10(2,3)6-8-16(14,15)11(4)7-5-9(12)13/h5-8H2,1-4H3,(H,12,13). The zero-order chi connectivity index (χ0) is 13.0. The second-order valence-electron chi connectivity index (χ2n) is 5.09. The molecule has 96 valence electrons. The van der Waals surface area contributed by atoms with E-state index in [9.17, 15) is 13.2 Å². The normalized spacial score (nSPS) is 13.1. The second kappa shape index (κ2) is 5.63. The largest absolute Gasteiger partial charge is 0.481 e. The maximum absolute atomic E-state index is 11.7. The van der Waals surface area contributed by atoms with E-state index in [4.69, 9.17) is 5.11 Å². The molecule has 0 heterocycles. The minimum Gasteiger partial charge on any atom is -0.481 e. The third-order valence-electron chi connectivity index (χ3n) is 2.23. The minimum absolute atomic E-state index is 0.0296. The number of carboxylic acid groups (broad SMARTS) is 1. The average Bonchev–Trinajstić information content (AvgIpc) is 2.10. The summed E-state index contributed by atoms with van der Waals surface area (Å²) in [5.41, 5.74) is -0.0410. The summed E-state index contributed by atoms with van der Waals surface area (Å²) in [6.07, 6.45) is 0.401. The first-order valence-corrected chi connectivity index (χ1v) is 6.81. The molecule has 1 N–H and O–H groups in total. The van der Waals surface area contributed by atoms with Crippen molar-refractivity contribution in [1.29, 1.82) is 0 Å². The second-order valence-corrected chi connectivity index (χ2v) is 7.29. The van der Waals surface area contributed by atoms with Crippen LogP contribution >= 0.6 is 0 Å². The van der Waals surface area contributed by atoms with E-state index in [0.29, 0.717) is 6.42 Å². The lowest BCUT2D eigenvalue weighted by Gasteiger charge is -2.21. The van der Waals surface area contributed by atoms with Crippen LogP contribution in [-0.4, -0.2) is 43.1 Å². The Balaban J connectivity index is 4.27. The van der Waals surface area contributed by atoms with E-state index in [1.165, 1.54) is 7.05 Å². The van der Waals surface area contributed by atoms with Crippen molar-refractivity contribution < 1.29 is 18.3 Å². The molecule has 0 saturated carbocycles. The highest BCUT2D eigenvalue weighted by molar-refractivity contribution is 7.89. The summed E-state index contributed by atoms with van der Waals surface area (Å²) >= 11 is 0. The summed E-state index contributed by atoms with van der Waals surface area (Å²) < 4.78 is 24.6. The molecule has 0 aromatic heterocycles. The average molecular weight is 251 g/mol. The van der Waals surface area contributed by atoms with Gasteiger partial charge in [0, 0.05) is 13.6 Å². The summed E-state index contributed by atoms with van der Waals surface area (Å²) in [6.45, 7) is 5.95. The molecular weight excluding hydrogens is 230 g/mol. The van der Waals surface area contributed by atoms with Crippen molar-refractivity contribution >= 4 is 16.0 Å². The fourth-order valence-electron chi connectivity index (χ4n) is 0.983. The number of nitrogens with zero attached hydrogens (tertiary/aromatic N) is 1. The SMILES string of the molecule is CN(CCC(=O)O)S(=O)(=O)CCC(C)(C)C. The number of rotatable bonds is 6. The number of carbonyl (C=O) groups is 1. The van der Waals surface area contributed by atoms with Gasteiger partial charge in [-0.2, -0.15) is 0 Å². The van der Waals surface area contributed by atoms with Crippen LogP contribution in [0.1, 0.15) is 33.6 Å². The van der Waals surface area contributed by atoms with Gasteiger partial charge in [0.1, 0.15) is 0 Å². The van der Waals surface area contributed by atoms with Crippen LogP contribution in [0.5, 0.6) is 0 Å². The fraction of sp³-hybridized carbons (Fsp3) is 0.900. The van der Waals surface area contributed by atoms with Gasteiger partial charge < -0.3 is 5.11 Å². The van der Waals surface area contributed by atoms with E-state index in [2.05, 4.69) is 0 Å². The molecule has 6 heteroatoms. The topological polar surface area (TPSA) is 74.7 Å². The molecule has 0 unspecified atom stereocenters. The van der Waals surface area contributed by atoms with Crippen LogP contribution in [0.25, 0.3) is 0 Å². The zero-order valence-electron chi connectivity index (χ0n) is 10.4. The highest BCUT2D eigenvalue weighted by Gasteiger charge is 2.21. The molecule has 0 aliphatic carbocycles. The molecule has 0 aliphatic heterocycles. The van der Waals surface area contributed by atoms with E-state index in [1.807, 2.05) is 20.8 Å². The van der Waals surface area contributed by atoms with Gasteiger partial charge >= 0.3 is 5.97 Å². The lowest BCUT2D eigenvalue weighted by atomic mass is 9.94. The van der Waals surface area contributed by atoms with Gasteiger partial charge in [-0.05, 0) is 11.8 Å². The molecule has 0 saturated heterocycles. The maximum Gasteiger partial charge on any atom is 0.304 e. The molecule has 0 bridgehead atoms. The van der Waals surface area contributed by atoms with Gasteiger partial charge in [-0.25, -0.2) is 12.7 Å². The Labute approximate surface area is 97.5 Å². The van der Waals surface area contributed by atoms with Crippen molar-refractivity contribution in [3.8, 4) is 0 Å². The number of carboxylic acids is 1. The smallest absolute Gasteiger partial charge is 0.304 e. The highest BCUT2D eigenvalue weighted by atomic mass is 32.2. The first-order valence-electron chi connectivity index (χ1n) is 5.20. The monoisotopic (exact) mass is 251 g/mol. The fourth-order valence-corrected chi connectivity index (χ4v) is 2.53. The molecule has 5 nitrogen and oxygen atoms in total. The minimum atomic E-state index is -3.32. The van der Waals surface area contributed by atoms with Gasteiger partial charge in [-0.1, -0.05) is 20.8 Å². The summed E-state index contributed by atoms with van der Waals surface area (Å²) in [7, 11) is -1.90. The van der Waals surface area contributed by atoms with Gasteiger partial charge in [-0.15, -0.1) is 0 Å². The van der Waals surface area contributed by atoms with Crippen molar-refractivity contribution in [3.63, 3.8) is 0 Å². The molecule has 0 aromatic rings. The summed E-state index contributed by atoms with van der Waals surface area (Å²) in [4.78, 5) is 10.3. The Morgan fingerprint density at radius 3 is 2.19 bits per heavy atom. The maximum atomic E-state index is 11.7. The molecule has 0 amide bonds. The lowest BCUT2D eigenvalue weighted by molar-refractivity contribution is -0.137. The summed E-state index contributed by atoms with van der Waals surface area (Å²) in [5, 5.41) is 8.47. The van der Waals surface area contributed by atoms with E-state index < -0.39 is 16.0 Å². The van der Waals surface area contributed by atoms with Gasteiger partial charge in [0.15, 0.2) is 0 Å². The Morgan fingerprint density at radius 1 is 1.31 bits per heavy atom. The van der Waals surface area contributed by atoms with Crippen LogP contribution in [0.4, 0.5) is 0 Å². The number of aliphatic carboxylic acids is 1. The van der Waals surface area contributed by atoms with Gasteiger partial charge in [0.05, 0.1) is 12.2 Å². The lowest BCUT2D eigenvalue weighted by Crippen LogP contribution is -2.32. The molecule has 0 spiro atoms. The van der Waals surface area contributed by atoms with Gasteiger partial charge in [0.2, 0.25) is 10.0 Å². The molecule has 16 heavy (non-hydrogen) atoms. The Bertz CT molecular complexity index is 329. The van der Waals surface area contributed by atoms with E-state index in [1.54, 1.807) is 0 Å². The van der Waals surface area contributed by atoms with Crippen LogP contribution in [-0.2, 0) is 14.8 Å². The van der Waals surface area contributed by atoms with Crippen LogP contribution in [0.2, 0.25) is 0 Å². The van der Waals surface area contributed by atoms with Crippen molar-refractivity contribution in [2.45, 2.75) is 33.6 Å². The van der Waals surface area contributed by atoms with Gasteiger partial charge in [0.25, 0.3) is 0 Å². The van der Waals surface area contributed by atoms with Crippen LogP contribution in [0.15, 0.2) is 0 Å². The zero-order valence-corrected chi connectivity index (χ0v) is 11.2. The third-order valence-corrected chi connectivity index (χ3v) is 4.08. The molecule has 0 rings (SSSR count). The summed E-state index contributed by atoms with van der Waals surface area (Å²) in [6, 6.07) is 0. The number of hydrogen-bond acceptors (Lipinski definition) is 3. The van der Waals surface area contributed by atoms with Crippen molar-refractivity contribution in [2.75, 3.05) is 19.3 Å². The van der Waals surface area contributed by atoms with E-state index in [0.717, 1.165) is 4.31 Å². The Morgan fingerprint density at radius 2 is 1.81 bits per heavy atom. The summed E-state index contributed by atoms with van der Waals surface area (Å²) in [5.74, 6) is -0.926. The van der Waals surface area contributed by atoms with Crippen LogP contribution in [0, 0.1) is 5.41 Å². The van der Waals surface area contributed by atoms with Crippen LogP contribution < -0.4 is 0 Å². The van der Waals surface area contributed by atoms with Crippen molar-refractivity contribution in [3.05, 3.63) is 0 Å². The van der Waals surface area contributed by atoms with Crippen molar-refractivity contribution in [2.24, 2.45) is 5.41 Å². The predicted molar refractivity (Wildman–Crippen MR) is 62.7 cm³/mol. The molecular formula is C10H21NO4S. The molecule has 0 fully saturated rings.